The number of anilines is 1. The monoisotopic (exact) mass is 367 g/mol. The Labute approximate surface area is 158 Å². The minimum Gasteiger partial charge on any atom is -0.371 e. The van der Waals surface area contributed by atoms with Gasteiger partial charge in [-0.2, -0.15) is 5.10 Å². The van der Waals surface area contributed by atoms with Crippen LogP contribution in [-0.2, 0) is 6.54 Å². The van der Waals surface area contributed by atoms with Crippen LogP contribution >= 0.6 is 11.3 Å². The summed E-state index contributed by atoms with van der Waals surface area (Å²) >= 11 is 1.70. The van der Waals surface area contributed by atoms with Crippen LogP contribution in [-0.4, -0.2) is 34.3 Å². The van der Waals surface area contributed by atoms with Crippen LogP contribution in [0.2, 0.25) is 0 Å². The molecule has 1 saturated heterocycles. The molecule has 0 atom stereocenters. The van der Waals surface area contributed by atoms with Crippen molar-refractivity contribution in [1.29, 1.82) is 0 Å². The number of hydrogen-bond acceptors (Lipinski definition) is 5. The zero-order valence-corrected chi connectivity index (χ0v) is 16.1. The van der Waals surface area contributed by atoms with E-state index < -0.39 is 0 Å². The van der Waals surface area contributed by atoms with Crippen molar-refractivity contribution in [1.82, 2.24) is 20.5 Å². The number of aromatic nitrogens is 3. The number of aromatic amines is 1. The summed E-state index contributed by atoms with van der Waals surface area (Å²) < 4.78 is 0. The molecule has 1 fully saturated rings. The van der Waals surface area contributed by atoms with Crippen molar-refractivity contribution >= 4 is 17.0 Å². The minimum atomic E-state index is 0.570. The zero-order valence-electron chi connectivity index (χ0n) is 15.3. The minimum absolute atomic E-state index is 0.570. The summed E-state index contributed by atoms with van der Waals surface area (Å²) in [5, 5.41) is 14.2. The highest BCUT2D eigenvalue weighted by Gasteiger charge is 2.19. The number of piperidine rings is 1. The topological polar surface area (TPSA) is 56.8 Å². The predicted octanol–water partition coefficient (Wildman–Crippen LogP) is 3.91. The Morgan fingerprint density at radius 1 is 1.19 bits per heavy atom. The molecule has 26 heavy (non-hydrogen) atoms. The van der Waals surface area contributed by atoms with Crippen LogP contribution < -0.4 is 10.2 Å². The standard InChI is InChI=1S/C20H25N5S/c1-14-11-18(24-23-14)12-21-17-7-9-25(10-8-17)19-5-3-16(4-6-19)20-13-26-15(2)22-20/h3-6,11,13,17,21H,7-10,12H2,1-2H3,(H,23,24). The molecule has 0 aliphatic carbocycles. The third kappa shape index (κ3) is 3.97. The van der Waals surface area contributed by atoms with Gasteiger partial charge in [0, 0.05) is 48.0 Å². The van der Waals surface area contributed by atoms with Crippen molar-refractivity contribution in [2.75, 3.05) is 18.0 Å². The van der Waals surface area contributed by atoms with Gasteiger partial charge in [0.05, 0.1) is 16.4 Å². The van der Waals surface area contributed by atoms with E-state index in [2.05, 4.69) is 61.1 Å². The second-order valence-electron chi connectivity index (χ2n) is 6.98. The Hall–Kier alpha value is -2.18. The van der Waals surface area contributed by atoms with E-state index in [1.54, 1.807) is 11.3 Å². The molecule has 6 heteroatoms. The molecule has 0 spiro atoms. The Bertz CT molecular complexity index is 843. The Morgan fingerprint density at radius 3 is 2.58 bits per heavy atom. The lowest BCUT2D eigenvalue weighted by molar-refractivity contribution is 0.412. The summed E-state index contributed by atoms with van der Waals surface area (Å²) in [7, 11) is 0. The zero-order chi connectivity index (χ0) is 17.9. The molecular weight excluding hydrogens is 342 g/mol. The SMILES string of the molecule is Cc1cc(CNC2CCN(c3ccc(-c4csc(C)n4)cc3)CC2)n[nH]1. The van der Waals surface area contributed by atoms with Crippen molar-refractivity contribution in [3.05, 3.63) is 52.1 Å². The van der Waals surface area contributed by atoms with Gasteiger partial charge in [0.25, 0.3) is 0 Å². The average Bonchev–Trinajstić information content (AvgIpc) is 3.29. The van der Waals surface area contributed by atoms with Crippen molar-refractivity contribution < 1.29 is 0 Å². The Morgan fingerprint density at radius 2 is 1.96 bits per heavy atom. The number of hydrogen-bond donors (Lipinski definition) is 2. The van der Waals surface area contributed by atoms with Crippen LogP contribution in [0, 0.1) is 13.8 Å². The predicted molar refractivity (Wildman–Crippen MR) is 108 cm³/mol. The van der Waals surface area contributed by atoms with E-state index in [9.17, 15) is 0 Å². The van der Waals surface area contributed by atoms with Gasteiger partial charge in [0.1, 0.15) is 0 Å². The number of benzene rings is 1. The summed E-state index contributed by atoms with van der Waals surface area (Å²) in [6.07, 6.45) is 2.33. The van der Waals surface area contributed by atoms with Crippen molar-refractivity contribution in [3.63, 3.8) is 0 Å². The maximum absolute atomic E-state index is 4.57. The van der Waals surface area contributed by atoms with Crippen LogP contribution in [0.5, 0.6) is 0 Å². The average molecular weight is 368 g/mol. The molecule has 2 N–H and O–H groups in total. The van der Waals surface area contributed by atoms with Crippen LogP contribution in [0.4, 0.5) is 5.69 Å². The van der Waals surface area contributed by atoms with Gasteiger partial charge in [-0.05, 0) is 44.9 Å². The van der Waals surface area contributed by atoms with Crippen LogP contribution in [0.3, 0.4) is 0 Å². The fourth-order valence-corrected chi connectivity index (χ4v) is 4.12. The highest BCUT2D eigenvalue weighted by molar-refractivity contribution is 7.09. The molecule has 0 unspecified atom stereocenters. The van der Waals surface area contributed by atoms with Gasteiger partial charge < -0.3 is 10.2 Å². The van der Waals surface area contributed by atoms with Crippen LogP contribution in [0.15, 0.2) is 35.7 Å². The van der Waals surface area contributed by atoms with E-state index in [1.807, 2.05) is 13.8 Å². The van der Waals surface area contributed by atoms with E-state index in [1.165, 1.54) is 11.3 Å². The molecule has 4 rings (SSSR count). The maximum atomic E-state index is 4.57. The highest BCUT2D eigenvalue weighted by atomic mass is 32.1. The highest BCUT2D eigenvalue weighted by Crippen LogP contribution is 2.26. The van der Waals surface area contributed by atoms with Gasteiger partial charge in [-0.15, -0.1) is 11.3 Å². The fraction of sp³-hybridized carbons (Fsp3) is 0.400. The number of thiazole rings is 1. The molecule has 0 amide bonds. The molecule has 1 aliphatic rings. The van der Waals surface area contributed by atoms with E-state index in [-0.39, 0.29) is 0 Å². The summed E-state index contributed by atoms with van der Waals surface area (Å²) in [6.45, 7) is 7.11. The summed E-state index contributed by atoms with van der Waals surface area (Å²) in [5.41, 5.74) is 5.80. The first-order chi connectivity index (χ1) is 12.7. The summed E-state index contributed by atoms with van der Waals surface area (Å²) in [4.78, 5) is 7.05. The van der Waals surface area contributed by atoms with E-state index in [0.717, 1.165) is 54.6 Å². The first-order valence-electron chi connectivity index (χ1n) is 9.19. The second kappa shape index (κ2) is 7.60. The number of rotatable bonds is 5. The maximum Gasteiger partial charge on any atom is 0.0901 e. The van der Waals surface area contributed by atoms with Gasteiger partial charge in [-0.3, -0.25) is 5.10 Å². The number of H-pyrrole nitrogens is 1. The van der Waals surface area contributed by atoms with E-state index in [0.29, 0.717) is 6.04 Å². The summed E-state index contributed by atoms with van der Waals surface area (Å²) in [5.74, 6) is 0. The normalized spacial score (nSPS) is 15.5. The number of nitrogens with one attached hydrogen (secondary N) is 2. The van der Waals surface area contributed by atoms with Gasteiger partial charge >= 0.3 is 0 Å². The third-order valence-corrected chi connectivity index (χ3v) is 5.75. The Kier molecular flexibility index (Phi) is 5.04. The number of nitrogens with zero attached hydrogens (tertiary/aromatic N) is 3. The molecule has 0 radical (unpaired) electrons. The lowest BCUT2D eigenvalue weighted by Gasteiger charge is -2.34. The van der Waals surface area contributed by atoms with E-state index in [4.69, 9.17) is 0 Å². The van der Waals surface area contributed by atoms with Gasteiger partial charge in [-0.25, -0.2) is 4.98 Å². The van der Waals surface area contributed by atoms with Crippen LogP contribution in [0.25, 0.3) is 11.3 Å². The second-order valence-corrected chi connectivity index (χ2v) is 8.05. The fourth-order valence-electron chi connectivity index (χ4n) is 3.49. The molecule has 5 nitrogen and oxygen atoms in total. The molecule has 136 valence electrons. The number of aryl methyl sites for hydroxylation is 2. The molecule has 1 aliphatic heterocycles. The molecule has 3 heterocycles. The lowest BCUT2D eigenvalue weighted by Crippen LogP contribution is -2.42. The molecule has 0 bridgehead atoms. The molecule has 3 aromatic rings. The lowest BCUT2D eigenvalue weighted by atomic mass is 10.0. The van der Waals surface area contributed by atoms with Gasteiger partial charge in [0.15, 0.2) is 0 Å². The molecule has 0 saturated carbocycles. The smallest absolute Gasteiger partial charge is 0.0901 e. The summed E-state index contributed by atoms with van der Waals surface area (Å²) in [6, 6.07) is 11.5. The first-order valence-corrected chi connectivity index (χ1v) is 10.1. The van der Waals surface area contributed by atoms with Crippen molar-refractivity contribution in [3.8, 4) is 11.3 Å². The molecule has 1 aromatic carbocycles. The molecule has 2 aromatic heterocycles. The molecular formula is C20H25N5S. The quantitative estimate of drug-likeness (QED) is 0.718. The van der Waals surface area contributed by atoms with Gasteiger partial charge in [0.2, 0.25) is 0 Å². The third-order valence-electron chi connectivity index (χ3n) is 4.97. The van der Waals surface area contributed by atoms with Crippen molar-refractivity contribution in [2.45, 2.75) is 39.3 Å². The first kappa shape index (κ1) is 17.2. The largest absolute Gasteiger partial charge is 0.371 e. The Balaban J connectivity index is 1.30. The van der Waals surface area contributed by atoms with E-state index >= 15 is 0 Å². The van der Waals surface area contributed by atoms with Crippen molar-refractivity contribution in [2.24, 2.45) is 0 Å². The van der Waals surface area contributed by atoms with Crippen LogP contribution in [0.1, 0.15) is 29.2 Å². The van der Waals surface area contributed by atoms with Gasteiger partial charge in [-0.1, -0.05) is 12.1 Å².